The normalized spacial score (nSPS) is 20.6. The lowest BCUT2D eigenvalue weighted by Crippen LogP contribution is -2.44. The van der Waals surface area contributed by atoms with Crippen molar-refractivity contribution in [3.8, 4) is 5.75 Å². The van der Waals surface area contributed by atoms with E-state index in [2.05, 4.69) is 42.0 Å². The van der Waals surface area contributed by atoms with Gasteiger partial charge in [-0.05, 0) is 86.8 Å². The molecule has 5 rings (SSSR count). The predicted octanol–water partition coefficient (Wildman–Crippen LogP) is 5.44. The van der Waals surface area contributed by atoms with Gasteiger partial charge in [0.15, 0.2) is 0 Å². The molecule has 1 amide bonds. The number of unbranched alkanes of at least 4 members (excludes halogenated alkanes) is 5. The highest BCUT2D eigenvalue weighted by atomic mass is 16.5. The second kappa shape index (κ2) is 11.7. The summed E-state index contributed by atoms with van der Waals surface area (Å²) >= 11 is 0. The van der Waals surface area contributed by atoms with E-state index in [-0.39, 0.29) is 11.9 Å². The molecule has 6 heteroatoms. The summed E-state index contributed by atoms with van der Waals surface area (Å²) in [4.78, 5) is 24.8. The zero-order chi connectivity index (χ0) is 24.9. The van der Waals surface area contributed by atoms with Crippen molar-refractivity contribution in [1.82, 2.24) is 14.7 Å². The number of benzene rings is 2. The van der Waals surface area contributed by atoms with Crippen LogP contribution in [0.4, 0.5) is 5.69 Å². The molecule has 36 heavy (non-hydrogen) atoms. The van der Waals surface area contributed by atoms with E-state index in [1.807, 2.05) is 17.2 Å². The van der Waals surface area contributed by atoms with Gasteiger partial charge in [0.05, 0.1) is 23.9 Å². The van der Waals surface area contributed by atoms with Gasteiger partial charge in [0.1, 0.15) is 5.75 Å². The Balaban J connectivity index is 1.07. The first-order chi connectivity index (χ1) is 17.6. The van der Waals surface area contributed by atoms with Gasteiger partial charge in [-0.3, -0.25) is 9.79 Å². The maximum atomic E-state index is 13.1. The van der Waals surface area contributed by atoms with Crippen molar-refractivity contribution in [2.45, 2.75) is 64.3 Å². The molecule has 194 valence electrons. The minimum Gasteiger partial charge on any atom is -0.493 e. The van der Waals surface area contributed by atoms with Crippen LogP contribution in [0.3, 0.4) is 0 Å². The number of nitrogens with zero attached hydrogens (tertiary/aromatic N) is 4. The minimum atomic E-state index is 0.115. The van der Waals surface area contributed by atoms with Crippen LogP contribution in [0.15, 0.2) is 29.3 Å². The van der Waals surface area contributed by atoms with Gasteiger partial charge in [0, 0.05) is 38.9 Å². The van der Waals surface area contributed by atoms with Crippen molar-refractivity contribution in [1.29, 1.82) is 0 Å². The molecule has 0 N–H and O–H groups in total. The molecule has 2 fully saturated rings. The first kappa shape index (κ1) is 25.2. The summed E-state index contributed by atoms with van der Waals surface area (Å²) in [7, 11) is 2.22. The first-order valence-electron chi connectivity index (χ1n) is 14.1. The molecule has 0 bridgehead atoms. The molecule has 3 aliphatic rings. The number of hydrogen-bond donors (Lipinski definition) is 0. The Bertz CT molecular complexity index is 1090. The van der Waals surface area contributed by atoms with Crippen LogP contribution in [-0.4, -0.2) is 85.8 Å². The number of hydrogen-bond acceptors (Lipinski definition) is 5. The molecule has 2 aromatic rings. The first-order valence-corrected chi connectivity index (χ1v) is 14.1. The van der Waals surface area contributed by atoms with Gasteiger partial charge in [-0.15, -0.1) is 0 Å². The van der Waals surface area contributed by atoms with Crippen LogP contribution >= 0.6 is 0 Å². The Morgan fingerprint density at radius 2 is 1.67 bits per heavy atom. The molecule has 6 nitrogen and oxygen atoms in total. The monoisotopic (exact) mass is 490 g/mol. The molecule has 0 aromatic heterocycles. The Hall–Kier alpha value is -2.44. The van der Waals surface area contributed by atoms with Crippen molar-refractivity contribution >= 4 is 28.6 Å². The maximum absolute atomic E-state index is 13.1. The Kier molecular flexibility index (Phi) is 8.22. The number of carbonyl (C=O) groups excluding carboxylic acids is 1. The summed E-state index contributed by atoms with van der Waals surface area (Å²) in [5, 5.41) is 2.16. The van der Waals surface area contributed by atoms with Crippen molar-refractivity contribution in [2.75, 3.05) is 52.9 Å². The van der Waals surface area contributed by atoms with Gasteiger partial charge in [-0.2, -0.15) is 0 Å². The number of carbonyl (C=O) groups is 1. The summed E-state index contributed by atoms with van der Waals surface area (Å²) in [6.45, 7) is 9.83. The summed E-state index contributed by atoms with van der Waals surface area (Å²) in [6, 6.07) is 8.48. The lowest BCUT2D eigenvalue weighted by molar-refractivity contribution is 0.0775. The van der Waals surface area contributed by atoms with Gasteiger partial charge in [0.25, 0.3) is 5.91 Å². The third kappa shape index (κ3) is 5.92. The minimum absolute atomic E-state index is 0.115. The molecule has 0 unspecified atom stereocenters. The zero-order valence-electron chi connectivity index (χ0n) is 22.2. The van der Waals surface area contributed by atoms with Gasteiger partial charge in [-0.1, -0.05) is 25.7 Å². The van der Waals surface area contributed by atoms with Gasteiger partial charge < -0.3 is 19.4 Å². The predicted molar refractivity (Wildman–Crippen MR) is 148 cm³/mol. The second-order valence-corrected chi connectivity index (χ2v) is 10.9. The van der Waals surface area contributed by atoms with Gasteiger partial charge in [0.2, 0.25) is 0 Å². The van der Waals surface area contributed by atoms with Crippen LogP contribution in [0, 0.1) is 6.92 Å². The van der Waals surface area contributed by atoms with E-state index in [0.29, 0.717) is 0 Å². The average Bonchev–Trinajstić information content (AvgIpc) is 3.31. The highest BCUT2D eigenvalue weighted by molar-refractivity contribution is 6.06. The summed E-state index contributed by atoms with van der Waals surface area (Å²) in [5.41, 5.74) is 2.62. The number of rotatable bonds is 10. The lowest BCUT2D eigenvalue weighted by atomic mass is 10.0. The molecule has 1 atom stereocenters. The van der Waals surface area contributed by atoms with Crippen LogP contribution in [0.25, 0.3) is 10.8 Å². The third-order valence-corrected chi connectivity index (χ3v) is 8.15. The van der Waals surface area contributed by atoms with Crippen molar-refractivity contribution in [2.24, 2.45) is 4.99 Å². The number of ether oxygens (including phenoxy) is 1. The highest BCUT2D eigenvalue weighted by Gasteiger charge is 2.31. The topological polar surface area (TPSA) is 48.4 Å². The van der Waals surface area contributed by atoms with Crippen molar-refractivity contribution in [3.63, 3.8) is 0 Å². The van der Waals surface area contributed by atoms with Gasteiger partial charge in [-0.25, -0.2) is 0 Å². The quantitative estimate of drug-likeness (QED) is 0.417. The molecule has 0 aliphatic carbocycles. The molecule has 2 aromatic carbocycles. The Labute approximate surface area is 216 Å². The van der Waals surface area contributed by atoms with E-state index in [1.54, 1.807) is 0 Å². The fourth-order valence-electron chi connectivity index (χ4n) is 5.78. The van der Waals surface area contributed by atoms with Crippen LogP contribution in [0.5, 0.6) is 5.75 Å². The van der Waals surface area contributed by atoms with E-state index in [1.165, 1.54) is 64.8 Å². The molecule has 0 spiro atoms. The Morgan fingerprint density at radius 1 is 0.917 bits per heavy atom. The number of piperazine rings is 1. The lowest BCUT2D eigenvalue weighted by Gasteiger charge is -2.32. The highest BCUT2D eigenvalue weighted by Crippen LogP contribution is 2.34. The summed E-state index contributed by atoms with van der Waals surface area (Å²) < 4.78 is 6.19. The molecule has 0 saturated carbocycles. The number of aliphatic imine (C=N–C) groups is 1. The maximum Gasteiger partial charge on any atom is 0.256 e. The molecular weight excluding hydrogens is 448 g/mol. The average molecular weight is 491 g/mol. The van der Waals surface area contributed by atoms with Crippen LogP contribution < -0.4 is 4.74 Å². The summed E-state index contributed by atoms with van der Waals surface area (Å²) in [5.74, 6) is 1.06. The van der Waals surface area contributed by atoms with Crippen LogP contribution in [0.2, 0.25) is 0 Å². The van der Waals surface area contributed by atoms with Crippen LogP contribution in [-0.2, 0) is 0 Å². The number of fused-ring (bicyclic) bond motifs is 3. The van der Waals surface area contributed by atoms with Crippen molar-refractivity contribution < 1.29 is 9.53 Å². The SMILES string of the molecule is Cc1cc2cc3c(cc2cc1OCCCCCCCCN1CCN(C)CC1)N=C[C@@H]1CCCN1C3=O. The molecule has 3 heterocycles. The van der Waals surface area contributed by atoms with E-state index >= 15 is 0 Å². The third-order valence-electron chi connectivity index (χ3n) is 8.15. The van der Waals surface area contributed by atoms with E-state index in [9.17, 15) is 4.79 Å². The smallest absolute Gasteiger partial charge is 0.256 e. The molecule has 3 aliphatic heterocycles. The standard InChI is InChI=1S/C30H42N4O2/c1-23-18-24-19-27-28(31-22-26-10-9-12-34(26)30(27)35)20-25(24)21-29(23)36-17-8-6-4-3-5-7-11-33-15-13-32(2)14-16-33/h18-22,26H,3-17H2,1-2H3/t26-/m0/s1. The largest absolute Gasteiger partial charge is 0.493 e. The van der Waals surface area contributed by atoms with Crippen LogP contribution in [0.1, 0.15) is 67.3 Å². The van der Waals surface area contributed by atoms with E-state index in [0.717, 1.165) is 65.8 Å². The van der Waals surface area contributed by atoms with E-state index < -0.39 is 0 Å². The Morgan fingerprint density at radius 3 is 2.50 bits per heavy atom. The number of aryl methyl sites for hydroxylation is 1. The second-order valence-electron chi connectivity index (χ2n) is 10.9. The van der Waals surface area contributed by atoms with Crippen molar-refractivity contribution in [3.05, 3.63) is 35.4 Å². The molecule has 0 radical (unpaired) electrons. The van der Waals surface area contributed by atoms with E-state index in [4.69, 9.17) is 9.73 Å². The fourth-order valence-corrected chi connectivity index (χ4v) is 5.78. The number of amides is 1. The molecular formula is C30H42N4O2. The zero-order valence-corrected chi connectivity index (χ0v) is 22.2. The number of likely N-dealkylation sites (N-methyl/N-ethyl adjacent to an activating group) is 1. The van der Waals surface area contributed by atoms with Gasteiger partial charge >= 0.3 is 0 Å². The fraction of sp³-hybridized carbons (Fsp3) is 0.600. The molecule has 2 saturated heterocycles. The summed E-state index contributed by atoms with van der Waals surface area (Å²) in [6.07, 6.45) is 11.6.